The van der Waals surface area contributed by atoms with Crippen molar-refractivity contribution >= 4 is 35.0 Å². The molecule has 1 aromatic heterocycles. The molecule has 1 aliphatic heterocycles. The first-order chi connectivity index (χ1) is 22.7. The Hall–Kier alpha value is -3.58. The molecule has 13 heteroatoms. The van der Waals surface area contributed by atoms with Gasteiger partial charge in [-0.2, -0.15) is 0 Å². The molecule has 1 aliphatic carbocycles. The van der Waals surface area contributed by atoms with E-state index in [1.807, 2.05) is 25.1 Å². The van der Waals surface area contributed by atoms with Crippen LogP contribution in [0.1, 0.15) is 90.3 Å². The molecule has 2 aromatic rings. The van der Waals surface area contributed by atoms with Crippen LogP contribution in [-0.4, -0.2) is 82.3 Å². The number of carbonyl (C=O) groups is 4. The number of amides is 3. The van der Waals surface area contributed by atoms with Gasteiger partial charge in [-0.15, -0.1) is 11.3 Å². The number of halogens is 1. The molecular formula is C35H49FN4O7S. The lowest BCUT2D eigenvalue weighted by molar-refractivity contribution is -0.145. The van der Waals surface area contributed by atoms with Crippen LogP contribution in [0.5, 0.6) is 5.75 Å². The monoisotopic (exact) mass is 688 g/mol. The molecule has 2 aliphatic rings. The quantitative estimate of drug-likeness (QED) is 0.171. The summed E-state index contributed by atoms with van der Waals surface area (Å²) in [6.45, 7) is 9.90. The summed E-state index contributed by atoms with van der Waals surface area (Å²) >= 11 is 1.53. The van der Waals surface area contributed by atoms with Gasteiger partial charge in [0.05, 0.1) is 35.4 Å². The van der Waals surface area contributed by atoms with E-state index in [1.54, 1.807) is 33.2 Å². The van der Waals surface area contributed by atoms with Crippen LogP contribution in [0.15, 0.2) is 23.7 Å². The Labute approximate surface area is 286 Å². The smallest absolute Gasteiger partial charge is 0.305 e. The van der Waals surface area contributed by atoms with Crippen molar-refractivity contribution in [2.45, 2.75) is 116 Å². The molecule has 1 saturated carbocycles. The van der Waals surface area contributed by atoms with Crippen LogP contribution < -0.4 is 15.4 Å². The maximum atomic E-state index is 14.5. The molecule has 3 N–H and O–H groups in total. The zero-order valence-electron chi connectivity index (χ0n) is 28.6. The van der Waals surface area contributed by atoms with Crippen molar-refractivity contribution in [2.75, 3.05) is 19.8 Å². The van der Waals surface area contributed by atoms with E-state index < -0.39 is 47.0 Å². The standard InChI is InChI=1S/C35H49FN4O7S/c1-6-46-28(42)11-9-7-8-10-16-47-27-17-23(29-22(2)38-21-48-29)12-13-24(27)19-37-31(43)26-18-25(41)20-40(26)32(44)30(34(3,4)5)39-33(45)35(36)14-15-35/h12-13,17,21,25-26,30,41H,6-11,14-16,18-20H2,1-5H3,(H,37,43)(H,39,45)/t25-,26+,30-/m1/s1. The number of esters is 1. The fraction of sp³-hybridized carbons (Fsp3) is 0.629. The van der Waals surface area contributed by atoms with Crippen LogP contribution in [0, 0.1) is 12.3 Å². The number of nitrogens with zero attached hydrogens (tertiary/aromatic N) is 2. The summed E-state index contributed by atoms with van der Waals surface area (Å²) in [5.41, 5.74) is 1.66. The second-order valence-corrected chi connectivity index (χ2v) is 14.6. The van der Waals surface area contributed by atoms with Gasteiger partial charge in [0.25, 0.3) is 5.91 Å². The number of aliphatic hydroxyl groups is 1. The molecule has 3 amide bonds. The zero-order valence-corrected chi connectivity index (χ0v) is 29.4. The van der Waals surface area contributed by atoms with E-state index in [4.69, 9.17) is 9.47 Å². The van der Waals surface area contributed by atoms with E-state index in [2.05, 4.69) is 15.6 Å². The lowest BCUT2D eigenvalue weighted by atomic mass is 9.85. The topological polar surface area (TPSA) is 147 Å². The SMILES string of the molecule is CCOC(=O)CCCCCCOc1cc(-c2scnc2C)ccc1CNC(=O)[C@@H]1C[C@@H](O)CN1C(=O)[C@@H](NC(=O)C1(F)CC1)C(C)(C)C. The van der Waals surface area contributed by atoms with Crippen molar-refractivity contribution in [3.63, 3.8) is 0 Å². The minimum absolute atomic E-state index is 0.0402. The van der Waals surface area contributed by atoms with Crippen LogP contribution >= 0.6 is 11.3 Å². The van der Waals surface area contributed by atoms with Gasteiger partial charge >= 0.3 is 5.97 Å². The van der Waals surface area contributed by atoms with Crippen molar-refractivity contribution < 1.29 is 38.1 Å². The van der Waals surface area contributed by atoms with E-state index in [0.29, 0.717) is 25.4 Å². The summed E-state index contributed by atoms with van der Waals surface area (Å²) in [4.78, 5) is 58.1. The summed E-state index contributed by atoms with van der Waals surface area (Å²) < 4.78 is 25.7. The fourth-order valence-electron chi connectivity index (χ4n) is 5.71. The first-order valence-electron chi connectivity index (χ1n) is 16.8. The average molecular weight is 689 g/mol. The van der Waals surface area contributed by atoms with Crippen LogP contribution in [0.25, 0.3) is 10.4 Å². The summed E-state index contributed by atoms with van der Waals surface area (Å²) in [6.07, 6.45) is 3.05. The number of unbranched alkanes of at least 4 members (excludes halogenated alkanes) is 3. The number of alkyl halides is 1. The number of hydrogen-bond acceptors (Lipinski definition) is 9. The third-order valence-corrected chi connectivity index (χ3v) is 9.69. The van der Waals surface area contributed by atoms with E-state index in [9.17, 15) is 28.7 Å². The highest BCUT2D eigenvalue weighted by Crippen LogP contribution is 2.40. The minimum Gasteiger partial charge on any atom is -0.493 e. The average Bonchev–Trinajstić information content (AvgIpc) is 3.44. The molecule has 1 aromatic carbocycles. The summed E-state index contributed by atoms with van der Waals surface area (Å²) in [6, 6.07) is 3.74. The van der Waals surface area contributed by atoms with Crippen LogP contribution in [0.3, 0.4) is 0 Å². The Balaban J connectivity index is 1.41. The maximum Gasteiger partial charge on any atom is 0.305 e. The van der Waals surface area contributed by atoms with E-state index in [1.165, 1.54) is 16.2 Å². The molecule has 11 nitrogen and oxygen atoms in total. The number of β-amino-alcohol motifs (C(OH)–C–C–N with tert-alkyl or cyclic N) is 1. The van der Waals surface area contributed by atoms with Gasteiger partial charge in [0.1, 0.15) is 17.8 Å². The van der Waals surface area contributed by atoms with Gasteiger partial charge in [-0.25, -0.2) is 9.37 Å². The number of nitrogens with one attached hydrogen (secondary N) is 2. The van der Waals surface area contributed by atoms with E-state index in [0.717, 1.165) is 47.4 Å². The summed E-state index contributed by atoms with van der Waals surface area (Å²) in [7, 11) is 0. The summed E-state index contributed by atoms with van der Waals surface area (Å²) in [5.74, 6) is -1.37. The number of likely N-dealkylation sites (tertiary alicyclic amines) is 1. The Morgan fingerprint density at radius 1 is 1.17 bits per heavy atom. The molecule has 0 radical (unpaired) electrons. The van der Waals surface area contributed by atoms with Gasteiger partial charge in [-0.1, -0.05) is 45.7 Å². The van der Waals surface area contributed by atoms with Crippen LogP contribution in [0.2, 0.25) is 0 Å². The van der Waals surface area contributed by atoms with Gasteiger partial charge in [0.2, 0.25) is 11.8 Å². The number of benzene rings is 1. The Kier molecular flexibility index (Phi) is 12.6. The predicted molar refractivity (Wildman–Crippen MR) is 180 cm³/mol. The van der Waals surface area contributed by atoms with E-state index in [-0.39, 0.29) is 38.3 Å². The third kappa shape index (κ3) is 9.74. The largest absolute Gasteiger partial charge is 0.493 e. The predicted octanol–water partition coefficient (Wildman–Crippen LogP) is 4.62. The number of hydrogen-bond donors (Lipinski definition) is 3. The molecule has 264 valence electrons. The molecule has 4 rings (SSSR count). The molecular weight excluding hydrogens is 639 g/mol. The Morgan fingerprint density at radius 2 is 1.90 bits per heavy atom. The van der Waals surface area contributed by atoms with Crippen LogP contribution in [0.4, 0.5) is 4.39 Å². The highest BCUT2D eigenvalue weighted by Gasteiger charge is 2.53. The number of aromatic nitrogens is 1. The normalized spacial score (nSPS) is 19.0. The van der Waals surface area contributed by atoms with Crippen molar-refractivity contribution in [1.29, 1.82) is 0 Å². The lowest BCUT2D eigenvalue weighted by Crippen LogP contribution is -2.59. The number of aliphatic hydroxyl groups excluding tert-OH is 1. The van der Waals surface area contributed by atoms with Crippen LogP contribution in [-0.2, 0) is 30.5 Å². The number of ether oxygens (including phenoxy) is 2. The van der Waals surface area contributed by atoms with Gasteiger partial charge in [-0.3, -0.25) is 19.2 Å². The van der Waals surface area contributed by atoms with Gasteiger partial charge in [-0.05, 0) is 56.6 Å². The lowest BCUT2D eigenvalue weighted by Gasteiger charge is -2.35. The maximum absolute atomic E-state index is 14.5. The fourth-order valence-corrected chi connectivity index (χ4v) is 6.52. The zero-order chi connectivity index (χ0) is 35.1. The molecule has 0 unspecified atom stereocenters. The van der Waals surface area contributed by atoms with E-state index >= 15 is 0 Å². The molecule has 0 bridgehead atoms. The van der Waals surface area contributed by atoms with Crippen molar-refractivity contribution in [1.82, 2.24) is 20.5 Å². The van der Waals surface area contributed by atoms with Gasteiger partial charge in [0, 0.05) is 31.5 Å². The summed E-state index contributed by atoms with van der Waals surface area (Å²) in [5, 5.41) is 16.0. The number of aryl methyl sites for hydroxylation is 1. The molecule has 2 fully saturated rings. The first-order valence-corrected chi connectivity index (χ1v) is 17.7. The number of carbonyl (C=O) groups excluding carboxylic acids is 4. The molecule has 1 saturated heterocycles. The van der Waals surface area contributed by atoms with Crippen molar-refractivity contribution in [3.8, 4) is 16.2 Å². The number of rotatable bonds is 16. The molecule has 3 atom stereocenters. The minimum atomic E-state index is -1.96. The second kappa shape index (κ2) is 16.2. The van der Waals surface area contributed by atoms with Gasteiger partial charge < -0.3 is 30.1 Å². The van der Waals surface area contributed by atoms with Crippen molar-refractivity contribution in [3.05, 3.63) is 35.0 Å². The first kappa shape index (κ1) is 37.2. The Bertz CT molecular complexity index is 1450. The van der Waals surface area contributed by atoms with Crippen molar-refractivity contribution in [2.24, 2.45) is 5.41 Å². The Morgan fingerprint density at radius 3 is 2.54 bits per heavy atom. The highest BCUT2D eigenvalue weighted by atomic mass is 32.1. The highest BCUT2D eigenvalue weighted by molar-refractivity contribution is 7.13. The number of thiazole rings is 1. The molecule has 2 heterocycles. The molecule has 48 heavy (non-hydrogen) atoms. The second-order valence-electron chi connectivity index (χ2n) is 13.8. The molecule has 0 spiro atoms. The third-order valence-electron chi connectivity index (χ3n) is 8.72. The van der Waals surface area contributed by atoms with Gasteiger partial charge in [0.15, 0.2) is 5.67 Å².